The zero-order valence-corrected chi connectivity index (χ0v) is 12.4. The lowest BCUT2D eigenvalue weighted by atomic mass is 10.2. The zero-order chi connectivity index (χ0) is 15.2. The number of nitrogens with zero attached hydrogens (tertiary/aromatic N) is 1. The van der Waals surface area contributed by atoms with Crippen LogP contribution in [0.25, 0.3) is 0 Å². The zero-order valence-electron chi connectivity index (χ0n) is 11.6. The highest BCUT2D eigenvalue weighted by Crippen LogP contribution is 2.28. The van der Waals surface area contributed by atoms with Crippen molar-refractivity contribution in [1.82, 2.24) is 4.98 Å². The average molecular weight is 306 g/mol. The van der Waals surface area contributed by atoms with Gasteiger partial charge in [0.25, 0.3) is 5.91 Å². The summed E-state index contributed by atoms with van der Waals surface area (Å²) in [5.74, 6) is 0.226. The van der Waals surface area contributed by atoms with Crippen molar-refractivity contribution >= 4 is 28.9 Å². The molecule has 0 saturated heterocycles. The van der Waals surface area contributed by atoms with Gasteiger partial charge in [0, 0.05) is 5.02 Å². The Morgan fingerprint density at radius 2 is 2.19 bits per heavy atom. The Labute approximate surface area is 128 Å². The first-order valence-corrected chi connectivity index (χ1v) is 6.93. The fraction of sp³-hybridized carbons (Fsp3) is 0.200. The summed E-state index contributed by atoms with van der Waals surface area (Å²) in [6.45, 7) is 2.57. The molecular weight excluding hydrogens is 290 g/mol. The van der Waals surface area contributed by atoms with Crippen LogP contribution in [0, 0.1) is 0 Å². The number of carbonyl (C=O) groups excluding carboxylic acids is 1. The van der Waals surface area contributed by atoms with E-state index >= 15 is 0 Å². The van der Waals surface area contributed by atoms with Crippen molar-refractivity contribution < 1.29 is 9.53 Å². The maximum atomic E-state index is 12.1. The number of amides is 1. The lowest BCUT2D eigenvalue weighted by Gasteiger charge is -2.12. The van der Waals surface area contributed by atoms with Crippen molar-refractivity contribution in [2.24, 2.45) is 0 Å². The molecular formula is C15H16ClN3O2. The van der Waals surface area contributed by atoms with Crippen LogP contribution in [0.15, 0.2) is 36.5 Å². The Balaban J connectivity index is 2.19. The Morgan fingerprint density at radius 3 is 2.86 bits per heavy atom. The maximum absolute atomic E-state index is 12.1. The molecule has 6 heteroatoms. The van der Waals surface area contributed by atoms with Gasteiger partial charge in [-0.3, -0.25) is 4.79 Å². The molecule has 0 atom stereocenters. The third-order valence-corrected chi connectivity index (χ3v) is 2.91. The second-order valence-corrected chi connectivity index (χ2v) is 4.86. The third-order valence-electron chi connectivity index (χ3n) is 2.67. The first-order valence-electron chi connectivity index (χ1n) is 6.55. The van der Waals surface area contributed by atoms with Gasteiger partial charge in [0.05, 0.1) is 24.2 Å². The summed E-state index contributed by atoms with van der Waals surface area (Å²) in [5.41, 5.74) is 6.83. The molecule has 0 aliphatic rings. The number of halogens is 1. The largest absolute Gasteiger partial charge is 0.491 e. The van der Waals surface area contributed by atoms with Crippen molar-refractivity contribution in [3.8, 4) is 5.75 Å². The van der Waals surface area contributed by atoms with E-state index < -0.39 is 0 Å². The van der Waals surface area contributed by atoms with Gasteiger partial charge in [0.1, 0.15) is 11.4 Å². The van der Waals surface area contributed by atoms with E-state index in [0.717, 1.165) is 6.42 Å². The molecule has 5 nitrogen and oxygen atoms in total. The molecule has 0 aliphatic heterocycles. The minimum absolute atomic E-state index is 0.269. The number of ether oxygens (including phenoxy) is 1. The molecule has 2 aromatic rings. The smallest absolute Gasteiger partial charge is 0.274 e. The Morgan fingerprint density at radius 1 is 1.38 bits per heavy atom. The van der Waals surface area contributed by atoms with E-state index in [9.17, 15) is 4.79 Å². The first-order chi connectivity index (χ1) is 10.1. The van der Waals surface area contributed by atoms with Crippen LogP contribution in [0.2, 0.25) is 5.02 Å². The van der Waals surface area contributed by atoms with Gasteiger partial charge in [0.2, 0.25) is 0 Å². The van der Waals surface area contributed by atoms with Gasteiger partial charge in [-0.1, -0.05) is 18.5 Å². The molecule has 1 aromatic carbocycles. The SMILES string of the molecule is CCCOc1ccc(Cl)cc1NC(=O)c1ccc(N)cn1. The van der Waals surface area contributed by atoms with Gasteiger partial charge < -0.3 is 15.8 Å². The van der Waals surface area contributed by atoms with Gasteiger partial charge in [-0.2, -0.15) is 0 Å². The van der Waals surface area contributed by atoms with E-state index in [-0.39, 0.29) is 11.6 Å². The third kappa shape index (κ3) is 4.10. The molecule has 1 aromatic heterocycles. The molecule has 3 N–H and O–H groups in total. The monoisotopic (exact) mass is 305 g/mol. The van der Waals surface area contributed by atoms with Gasteiger partial charge in [-0.05, 0) is 36.8 Å². The maximum Gasteiger partial charge on any atom is 0.274 e. The summed E-state index contributed by atoms with van der Waals surface area (Å²) < 4.78 is 5.58. The molecule has 0 bridgehead atoms. The van der Waals surface area contributed by atoms with Gasteiger partial charge >= 0.3 is 0 Å². The number of aromatic nitrogens is 1. The Hall–Kier alpha value is -2.27. The minimum atomic E-state index is -0.349. The highest BCUT2D eigenvalue weighted by molar-refractivity contribution is 6.31. The molecule has 110 valence electrons. The molecule has 1 amide bonds. The number of hydrogen-bond acceptors (Lipinski definition) is 4. The molecule has 2 rings (SSSR count). The van der Waals surface area contributed by atoms with Crippen LogP contribution in [-0.2, 0) is 0 Å². The normalized spacial score (nSPS) is 10.2. The molecule has 0 radical (unpaired) electrons. The average Bonchev–Trinajstić information content (AvgIpc) is 2.47. The summed E-state index contributed by atoms with van der Waals surface area (Å²) in [7, 11) is 0. The minimum Gasteiger partial charge on any atom is -0.491 e. The lowest BCUT2D eigenvalue weighted by Crippen LogP contribution is -2.14. The van der Waals surface area contributed by atoms with E-state index in [4.69, 9.17) is 22.1 Å². The van der Waals surface area contributed by atoms with E-state index in [1.807, 2.05) is 6.92 Å². The van der Waals surface area contributed by atoms with Gasteiger partial charge in [-0.25, -0.2) is 4.98 Å². The predicted molar refractivity (Wildman–Crippen MR) is 83.8 cm³/mol. The fourth-order valence-corrected chi connectivity index (χ4v) is 1.84. The van der Waals surface area contributed by atoms with Crippen molar-refractivity contribution in [2.75, 3.05) is 17.7 Å². The summed E-state index contributed by atoms with van der Waals surface area (Å²) in [6, 6.07) is 8.26. The van der Waals surface area contributed by atoms with Crippen LogP contribution in [0.5, 0.6) is 5.75 Å². The Kier molecular flexibility index (Phi) is 5.00. The number of pyridine rings is 1. The number of nitrogens with one attached hydrogen (secondary N) is 1. The molecule has 0 saturated carbocycles. The summed E-state index contributed by atoms with van der Waals surface area (Å²) in [4.78, 5) is 16.1. The summed E-state index contributed by atoms with van der Waals surface area (Å²) >= 11 is 5.96. The second kappa shape index (κ2) is 6.95. The number of benzene rings is 1. The Bertz CT molecular complexity index is 629. The summed E-state index contributed by atoms with van der Waals surface area (Å²) in [5, 5.41) is 3.26. The van der Waals surface area contributed by atoms with E-state index in [1.165, 1.54) is 6.20 Å². The predicted octanol–water partition coefficient (Wildman–Crippen LogP) is 3.36. The van der Waals surface area contributed by atoms with Gasteiger partial charge in [-0.15, -0.1) is 0 Å². The molecule has 1 heterocycles. The number of rotatable bonds is 5. The van der Waals surface area contributed by atoms with E-state index in [2.05, 4.69) is 10.3 Å². The first kappa shape index (κ1) is 15.1. The molecule has 0 unspecified atom stereocenters. The van der Waals surface area contributed by atoms with Crippen molar-refractivity contribution in [3.05, 3.63) is 47.2 Å². The fourth-order valence-electron chi connectivity index (χ4n) is 1.66. The molecule has 0 aliphatic carbocycles. The number of hydrogen-bond donors (Lipinski definition) is 2. The highest BCUT2D eigenvalue weighted by Gasteiger charge is 2.11. The van der Waals surface area contributed by atoms with Crippen molar-refractivity contribution in [3.63, 3.8) is 0 Å². The van der Waals surface area contributed by atoms with Crippen LogP contribution < -0.4 is 15.8 Å². The van der Waals surface area contributed by atoms with Gasteiger partial charge in [0.15, 0.2) is 0 Å². The lowest BCUT2D eigenvalue weighted by molar-refractivity contribution is 0.102. The number of anilines is 2. The van der Waals surface area contributed by atoms with Crippen molar-refractivity contribution in [2.45, 2.75) is 13.3 Å². The standard InChI is InChI=1S/C15H16ClN3O2/c1-2-7-21-14-6-3-10(16)8-13(14)19-15(20)12-5-4-11(17)9-18-12/h3-6,8-9H,2,7,17H2,1H3,(H,19,20). The van der Waals surface area contributed by atoms with Crippen LogP contribution in [0.1, 0.15) is 23.8 Å². The topological polar surface area (TPSA) is 77.2 Å². The van der Waals surface area contributed by atoms with E-state index in [0.29, 0.717) is 28.8 Å². The number of nitrogens with two attached hydrogens (primary N) is 1. The second-order valence-electron chi connectivity index (χ2n) is 4.42. The molecule has 21 heavy (non-hydrogen) atoms. The van der Waals surface area contributed by atoms with Crippen molar-refractivity contribution in [1.29, 1.82) is 0 Å². The molecule has 0 fully saturated rings. The summed E-state index contributed by atoms with van der Waals surface area (Å²) in [6.07, 6.45) is 2.30. The van der Waals surface area contributed by atoms with Crippen LogP contribution >= 0.6 is 11.6 Å². The number of carbonyl (C=O) groups is 1. The van der Waals surface area contributed by atoms with E-state index in [1.54, 1.807) is 30.3 Å². The van der Waals surface area contributed by atoms with Crippen LogP contribution in [-0.4, -0.2) is 17.5 Å². The van der Waals surface area contributed by atoms with Crippen LogP contribution in [0.4, 0.5) is 11.4 Å². The number of nitrogen functional groups attached to an aromatic ring is 1. The van der Waals surface area contributed by atoms with Crippen LogP contribution in [0.3, 0.4) is 0 Å². The molecule has 0 spiro atoms. The highest BCUT2D eigenvalue weighted by atomic mass is 35.5. The quantitative estimate of drug-likeness (QED) is 0.888.